The summed E-state index contributed by atoms with van der Waals surface area (Å²) < 4.78 is 34.2. The van der Waals surface area contributed by atoms with E-state index >= 15 is 0 Å². The molecular weight excluding hydrogens is 825 g/mol. The zero-order chi connectivity index (χ0) is 46.6. The number of ether oxygens (including phenoxy) is 6. The largest absolute Gasteiger partial charge is 0.457 e. The maximum absolute atomic E-state index is 13.0. The van der Waals surface area contributed by atoms with Crippen LogP contribution in [0.15, 0.2) is 24.3 Å². The monoisotopic (exact) mass is 917 g/mol. The molecule has 0 bridgehead atoms. The Morgan fingerprint density at radius 1 is 0.500 bits per heavy atom. The maximum atomic E-state index is 13.0. The van der Waals surface area contributed by atoms with Gasteiger partial charge in [0.15, 0.2) is 12.6 Å². The lowest BCUT2D eigenvalue weighted by Crippen LogP contribution is -2.61. The van der Waals surface area contributed by atoms with Gasteiger partial charge in [0.05, 0.1) is 26.4 Å². The van der Waals surface area contributed by atoms with E-state index in [9.17, 15) is 40.5 Å². The second-order valence-corrected chi connectivity index (χ2v) is 18.0. The molecule has 7 N–H and O–H groups in total. The Morgan fingerprint density at radius 3 is 1.42 bits per heavy atom. The number of aliphatic hydroxyl groups is 7. The normalized spacial score (nSPS) is 26.9. The van der Waals surface area contributed by atoms with Crippen molar-refractivity contribution in [3.63, 3.8) is 0 Å². The highest BCUT2D eigenvalue weighted by atomic mass is 16.7. The van der Waals surface area contributed by atoms with E-state index in [4.69, 9.17) is 28.4 Å². The second kappa shape index (κ2) is 38.4. The summed E-state index contributed by atoms with van der Waals surface area (Å²) in [5.41, 5.74) is 0. The van der Waals surface area contributed by atoms with Crippen LogP contribution < -0.4 is 0 Å². The number of hydrogen-bond acceptors (Lipinski definition) is 14. The Labute approximate surface area is 386 Å². The number of allylic oxidation sites excluding steroid dienone is 4. The summed E-state index contributed by atoms with van der Waals surface area (Å²) in [7, 11) is 0. The molecule has 0 radical (unpaired) electrons. The van der Waals surface area contributed by atoms with Gasteiger partial charge in [-0.1, -0.05) is 141 Å². The average molecular weight is 917 g/mol. The summed E-state index contributed by atoms with van der Waals surface area (Å²) in [5, 5.41) is 72.1. The van der Waals surface area contributed by atoms with Crippen LogP contribution in [0.2, 0.25) is 0 Å². The minimum Gasteiger partial charge on any atom is -0.457 e. The number of esters is 1. The van der Waals surface area contributed by atoms with Gasteiger partial charge in [-0.05, 0) is 64.2 Å². The lowest BCUT2D eigenvalue weighted by Gasteiger charge is -2.42. The lowest BCUT2D eigenvalue weighted by atomic mass is 9.98. The van der Waals surface area contributed by atoms with E-state index < -0.39 is 80.7 Å². The van der Waals surface area contributed by atoms with Crippen LogP contribution in [0, 0.1) is 0 Å². The first-order chi connectivity index (χ1) is 31.1. The van der Waals surface area contributed by atoms with Crippen molar-refractivity contribution in [3.8, 4) is 0 Å². The van der Waals surface area contributed by atoms with E-state index in [1.807, 2.05) is 0 Å². The molecule has 64 heavy (non-hydrogen) atoms. The van der Waals surface area contributed by atoms with Crippen LogP contribution in [0.4, 0.5) is 0 Å². The van der Waals surface area contributed by atoms with Crippen molar-refractivity contribution in [2.45, 2.75) is 255 Å². The number of aliphatic hydroxyl groups excluding tert-OH is 7. The molecule has 376 valence electrons. The van der Waals surface area contributed by atoms with Gasteiger partial charge in [-0.25, -0.2) is 0 Å². The molecule has 2 aliphatic rings. The zero-order valence-electron chi connectivity index (χ0n) is 39.8. The fourth-order valence-corrected chi connectivity index (χ4v) is 7.98. The minimum absolute atomic E-state index is 0.0563. The highest BCUT2D eigenvalue weighted by Gasteiger charge is 2.47. The molecule has 14 nitrogen and oxygen atoms in total. The summed E-state index contributed by atoms with van der Waals surface area (Å²) >= 11 is 0. The fourth-order valence-electron chi connectivity index (χ4n) is 7.98. The zero-order valence-corrected chi connectivity index (χ0v) is 39.8. The van der Waals surface area contributed by atoms with Gasteiger partial charge in [0.2, 0.25) is 0 Å². The molecule has 2 fully saturated rings. The highest BCUT2D eigenvalue weighted by Crippen LogP contribution is 2.26. The summed E-state index contributed by atoms with van der Waals surface area (Å²) in [5.74, 6) is -0.386. The van der Waals surface area contributed by atoms with Gasteiger partial charge in [-0.2, -0.15) is 0 Å². The molecule has 0 spiro atoms. The summed E-state index contributed by atoms with van der Waals surface area (Å²) in [6.45, 7) is 3.65. The van der Waals surface area contributed by atoms with Crippen molar-refractivity contribution in [3.05, 3.63) is 24.3 Å². The SMILES string of the molecule is CCCCCCC/C=C\CCCCCCCC(=O)OC(COCCCCCCCC/C=C\CCCCCCCC)COC1OC(COC2OC(CO)C(O)C(O)C2O)C(O)C(O)C1O. The molecule has 0 amide bonds. The maximum Gasteiger partial charge on any atom is 0.306 e. The molecule has 0 aromatic carbocycles. The predicted molar refractivity (Wildman–Crippen MR) is 247 cm³/mol. The Morgan fingerprint density at radius 2 is 0.922 bits per heavy atom. The van der Waals surface area contributed by atoms with Crippen LogP contribution in [0.1, 0.15) is 187 Å². The van der Waals surface area contributed by atoms with Gasteiger partial charge < -0.3 is 64.2 Å². The van der Waals surface area contributed by atoms with Crippen molar-refractivity contribution in [1.29, 1.82) is 0 Å². The Bertz CT molecular complexity index is 1160. The molecule has 2 rings (SSSR count). The first-order valence-corrected chi connectivity index (χ1v) is 25.4. The molecule has 0 aromatic rings. The topological polar surface area (TPSA) is 214 Å². The molecular formula is C50H92O14. The van der Waals surface area contributed by atoms with Crippen LogP contribution in [0.5, 0.6) is 0 Å². The van der Waals surface area contributed by atoms with E-state index in [-0.39, 0.29) is 25.6 Å². The van der Waals surface area contributed by atoms with E-state index in [1.54, 1.807) is 0 Å². The van der Waals surface area contributed by atoms with E-state index in [2.05, 4.69) is 38.2 Å². The van der Waals surface area contributed by atoms with Crippen LogP contribution >= 0.6 is 0 Å². The van der Waals surface area contributed by atoms with Gasteiger partial charge in [-0.15, -0.1) is 0 Å². The summed E-state index contributed by atoms with van der Waals surface area (Å²) in [6, 6.07) is 0. The number of rotatable bonds is 40. The Balaban J connectivity index is 1.78. The smallest absolute Gasteiger partial charge is 0.306 e. The minimum atomic E-state index is -1.71. The third kappa shape index (κ3) is 26.1. The van der Waals surface area contributed by atoms with Gasteiger partial charge in [-0.3, -0.25) is 4.79 Å². The molecule has 2 aliphatic heterocycles. The van der Waals surface area contributed by atoms with E-state index in [0.717, 1.165) is 64.2 Å². The Kier molecular flexibility index (Phi) is 35.2. The van der Waals surface area contributed by atoms with Crippen molar-refractivity contribution in [2.75, 3.05) is 33.0 Å². The van der Waals surface area contributed by atoms with Crippen LogP contribution in [0.3, 0.4) is 0 Å². The van der Waals surface area contributed by atoms with E-state index in [1.165, 1.54) is 96.3 Å². The number of carbonyl (C=O) groups excluding carboxylic acids is 1. The number of carbonyl (C=O) groups is 1. The van der Waals surface area contributed by atoms with Crippen molar-refractivity contribution < 1.29 is 69.0 Å². The van der Waals surface area contributed by atoms with Crippen molar-refractivity contribution in [1.82, 2.24) is 0 Å². The molecule has 0 aliphatic carbocycles. The van der Waals surface area contributed by atoms with Crippen LogP contribution in [-0.4, -0.2) is 142 Å². The van der Waals surface area contributed by atoms with E-state index in [0.29, 0.717) is 13.0 Å². The van der Waals surface area contributed by atoms with Crippen molar-refractivity contribution in [2.24, 2.45) is 0 Å². The van der Waals surface area contributed by atoms with Crippen LogP contribution in [-0.2, 0) is 33.2 Å². The Hall–Kier alpha value is -1.53. The first kappa shape index (κ1) is 58.6. The molecule has 14 heteroatoms. The predicted octanol–water partition coefficient (Wildman–Crippen LogP) is 7.24. The molecule has 0 saturated carbocycles. The molecule has 11 atom stereocenters. The van der Waals surface area contributed by atoms with Gasteiger partial charge in [0.25, 0.3) is 0 Å². The van der Waals surface area contributed by atoms with Crippen LogP contribution in [0.25, 0.3) is 0 Å². The number of unbranched alkanes of at least 4 members (excludes halogenated alkanes) is 22. The lowest BCUT2D eigenvalue weighted by molar-refractivity contribution is -0.332. The standard InChI is InChI=1S/C50H92O14/c1-3-5-7-9-11-13-15-17-19-20-22-24-26-28-30-32-34-59-36-39(62-42(52)33-31-29-27-25-23-21-18-16-14-12-10-8-6-4-2)37-60-49-48(58)46(56)44(54)41(64-49)38-61-50-47(57)45(55)43(53)40(35-51)63-50/h16-19,39-41,43-51,53-58H,3-15,20-38H2,1-2H3/b18-16-,19-17-. The van der Waals surface area contributed by atoms with Gasteiger partial charge in [0, 0.05) is 13.0 Å². The molecule has 2 saturated heterocycles. The van der Waals surface area contributed by atoms with Gasteiger partial charge >= 0.3 is 5.97 Å². The second-order valence-electron chi connectivity index (χ2n) is 18.0. The fraction of sp³-hybridized carbons (Fsp3) is 0.900. The third-order valence-electron chi connectivity index (χ3n) is 12.2. The highest BCUT2D eigenvalue weighted by molar-refractivity contribution is 5.69. The third-order valence-corrected chi connectivity index (χ3v) is 12.2. The molecule has 11 unspecified atom stereocenters. The summed E-state index contributed by atoms with van der Waals surface area (Å²) in [4.78, 5) is 13.0. The summed E-state index contributed by atoms with van der Waals surface area (Å²) in [6.07, 6.45) is 23.8. The quantitative estimate of drug-likeness (QED) is 0.0184. The first-order valence-electron chi connectivity index (χ1n) is 25.4. The molecule has 2 heterocycles. The van der Waals surface area contributed by atoms with Crippen molar-refractivity contribution >= 4 is 5.97 Å². The molecule has 0 aromatic heterocycles. The van der Waals surface area contributed by atoms with Gasteiger partial charge in [0.1, 0.15) is 54.9 Å². The number of hydrogen-bond donors (Lipinski definition) is 7. The average Bonchev–Trinajstić information content (AvgIpc) is 3.29.